The highest BCUT2D eigenvalue weighted by Crippen LogP contribution is 2.22. The Labute approximate surface area is 112 Å². The Balaban J connectivity index is 2.22. The van der Waals surface area contributed by atoms with Crippen molar-refractivity contribution in [1.29, 1.82) is 0 Å². The van der Waals surface area contributed by atoms with Crippen LogP contribution in [0.15, 0.2) is 12.1 Å². The number of nitrogens with zero attached hydrogens (tertiary/aromatic N) is 2. The minimum absolute atomic E-state index is 0.0661. The zero-order valence-electron chi connectivity index (χ0n) is 10.7. The topological polar surface area (TPSA) is 45.2 Å². The third-order valence-corrected chi connectivity index (χ3v) is 3.55. The molecule has 0 radical (unpaired) electrons. The molecule has 1 aliphatic rings. The van der Waals surface area contributed by atoms with Gasteiger partial charge in [0, 0.05) is 20.1 Å². The Kier molecular flexibility index (Phi) is 4.07. The van der Waals surface area contributed by atoms with Gasteiger partial charge in [-0.15, -0.1) is 0 Å². The fraction of sp³-hybridized carbons (Fsp3) is 0.538. The maximum Gasteiger partial charge on any atom is 0.274 e. The molecule has 0 spiro atoms. The smallest absolute Gasteiger partial charge is 0.274 e. The van der Waals surface area contributed by atoms with Gasteiger partial charge >= 0.3 is 0 Å². The van der Waals surface area contributed by atoms with E-state index in [2.05, 4.69) is 17.2 Å². The first-order valence-electron chi connectivity index (χ1n) is 6.25. The normalized spacial score (nSPS) is 19.7. The molecule has 1 fully saturated rings. The van der Waals surface area contributed by atoms with Crippen LogP contribution < -0.4 is 5.32 Å². The molecule has 5 heteroatoms. The van der Waals surface area contributed by atoms with Gasteiger partial charge in [-0.3, -0.25) is 4.79 Å². The molecular formula is C13H18ClN3O. The lowest BCUT2D eigenvalue weighted by atomic mass is 10.00. The molecule has 18 heavy (non-hydrogen) atoms. The number of rotatable bonds is 2. The lowest BCUT2D eigenvalue weighted by Crippen LogP contribution is -2.39. The third kappa shape index (κ3) is 2.75. The quantitative estimate of drug-likeness (QED) is 0.896. The Morgan fingerprint density at radius 3 is 3.00 bits per heavy atom. The summed E-state index contributed by atoms with van der Waals surface area (Å²) in [7, 11) is 1.77. The van der Waals surface area contributed by atoms with Crippen LogP contribution in [0.4, 0.5) is 5.82 Å². The van der Waals surface area contributed by atoms with Crippen LogP contribution in [0.25, 0.3) is 0 Å². The summed E-state index contributed by atoms with van der Waals surface area (Å²) >= 11 is 6.07. The molecule has 2 heterocycles. The van der Waals surface area contributed by atoms with Crippen LogP contribution in [0.2, 0.25) is 5.02 Å². The number of pyridine rings is 1. The molecule has 1 atom stereocenters. The second-order valence-corrected chi connectivity index (χ2v) is 5.18. The van der Waals surface area contributed by atoms with Crippen LogP contribution in [-0.2, 0) is 0 Å². The second-order valence-electron chi connectivity index (χ2n) is 4.78. The van der Waals surface area contributed by atoms with Crippen LogP contribution in [0.1, 0.15) is 30.3 Å². The first kappa shape index (κ1) is 13.1. The summed E-state index contributed by atoms with van der Waals surface area (Å²) in [5.41, 5.74) is 0.345. The van der Waals surface area contributed by atoms with E-state index in [-0.39, 0.29) is 5.91 Å². The number of piperidine rings is 1. The van der Waals surface area contributed by atoms with Gasteiger partial charge in [0.15, 0.2) is 0 Å². The van der Waals surface area contributed by atoms with Crippen LogP contribution in [-0.4, -0.2) is 35.9 Å². The average Bonchev–Trinajstić information content (AvgIpc) is 2.38. The summed E-state index contributed by atoms with van der Waals surface area (Å²) in [5, 5.41) is 3.33. The van der Waals surface area contributed by atoms with Crippen molar-refractivity contribution in [3.05, 3.63) is 22.8 Å². The van der Waals surface area contributed by atoms with Gasteiger partial charge < -0.3 is 10.2 Å². The van der Waals surface area contributed by atoms with Crippen LogP contribution in [0, 0.1) is 5.92 Å². The highest BCUT2D eigenvalue weighted by molar-refractivity contribution is 6.33. The van der Waals surface area contributed by atoms with Gasteiger partial charge in [-0.1, -0.05) is 18.5 Å². The van der Waals surface area contributed by atoms with Crippen LogP contribution in [0.5, 0.6) is 0 Å². The van der Waals surface area contributed by atoms with Gasteiger partial charge in [0.05, 0.1) is 5.02 Å². The molecule has 1 N–H and O–H groups in total. The Morgan fingerprint density at radius 2 is 2.33 bits per heavy atom. The van der Waals surface area contributed by atoms with E-state index < -0.39 is 0 Å². The number of hydrogen-bond acceptors (Lipinski definition) is 3. The number of likely N-dealkylation sites (tertiary alicyclic amines) is 1. The predicted octanol–water partition coefficient (Wildman–Crippen LogP) is 2.65. The van der Waals surface area contributed by atoms with Crippen LogP contribution in [0.3, 0.4) is 0 Å². The largest absolute Gasteiger partial charge is 0.373 e. The minimum Gasteiger partial charge on any atom is -0.373 e. The number of amides is 1. The van der Waals surface area contributed by atoms with E-state index in [1.807, 2.05) is 4.90 Å². The van der Waals surface area contributed by atoms with E-state index in [0.717, 1.165) is 19.5 Å². The van der Waals surface area contributed by atoms with E-state index in [0.29, 0.717) is 22.5 Å². The monoisotopic (exact) mass is 267 g/mol. The van der Waals surface area contributed by atoms with Gasteiger partial charge in [0.1, 0.15) is 11.5 Å². The van der Waals surface area contributed by atoms with Gasteiger partial charge in [-0.05, 0) is 30.9 Å². The molecule has 2 rings (SSSR count). The number of halogens is 1. The number of nitrogens with one attached hydrogen (secondary N) is 1. The van der Waals surface area contributed by atoms with Crippen LogP contribution >= 0.6 is 11.6 Å². The molecule has 1 saturated heterocycles. The van der Waals surface area contributed by atoms with Crippen molar-refractivity contribution >= 4 is 23.3 Å². The number of aromatic nitrogens is 1. The molecule has 1 aromatic rings. The third-order valence-electron chi connectivity index (χ3n) is 3.25. The molecule has 1 aromatic heterocycles. The first-order chi connectivity index (χ1) is 8.61. The molecule has 98 valence electrons. The van der Waals surface area contributed by atoms with Crippen molar-refractivity contribution in [2.45, 2.75) is 19.8 Å². The molecular weight excluding hydrogens is 250 g/mol. The lowest BCUT2D eigenvalue weighted by molar-refractivity contribution is 0.0677. The molecule has 1 amide bonds. The predicted molar refractivity (Wildman–Crippen MR) is 73.1 cm³/mol. The number of carbonyl (C=O) groups excluding carboxylic acids is 1. The van der Waals surface area contributed by atoms with Crippen molar-refractivity contribution < 1.29 is 4.79 Å². The average molecular weight is 268 g/mol. The van der Waals surface area contributed by atoms with Crippen molar-refractivity contribution in [3.63, 3.8) is 0 Å². The number of hydrogen-bond donors (Lipinski definition) is 1. The summed E-state index contributed by atoms with van der Waals surface area (Å²) < 4.78 is 0. The van der Waals surface area contributed by atoms with E-state index >= 15 is 0 Å². The maximum absolute atomic E-state index is 12.4. The van der Waals surface area contributed by atoms with Gasteiger partial charge in [-0.2, -0.15) is 0 Å². The van der Waals surface area contributed by atoms with Gasteiger partial charge in [0.25, 0.3) is 5.91 Å². The SMILES string of the molecule is CNc1ccc(Cl)c(C(=O)N2CCCC(C)C2)n1. The lowest BCUT2D eigenvalue weighted by Gasteiger charge is -2.30. The van der Waals surface area contributed by atoms with E-state index in [9.17, 15) is 4.79 Å². The second kappa shape index (κ2) is 5.57. The molecule has 0 bridgehead atoms. The molecule has 0 aromatic carbocycles. The van der Waals surface area contributed by atoms with Gasteiger partial charge in [0.2, 0.25) is 0 Å². The summed E-state index contributed by atoms with van der Waals surface area (Å²) in [5.74, 6) is 1.14. The minimum atomic E-state index is -0.0661. The Morgan fingerprint density at radius 1 is 1.56 bits per heavy atom. The van der Waals surface area contributed by atoms with E-state index in [4.69, 9.17) is 11.6 Å². The van der Waals surface area contributed by atoms with Gasteiger partial charge in [-0.25, -0.2) is 4.98 Å². The van der Waals surface area contributed by atoms with E-state index in [1.54, 1.807) is 19.2 Å². The zero-order chi connectivity index (χ0) is 13.1. The van der Waals surface area contributed by atoms with Crippen molar-refractivity contribution in [2.75, 3.05) is 25.5 Å². The summed E-state index contributed by atoms with van der Waals surface area (Å²) in [4.78, 5) is 18.5. The van der Waals surface area contributed by atoms with Crippen molar-refractivity contribution in [3.8, 4) is 0 Å². The molecule has 1 unspecified atom stereocenters. The van der Waals surface area contributed by atoms with E-state index in [1.165, 1.54) is 6.42 Å². The molecule has 0 aliphatic carbocycles. The summed E-state index contributed by atoms with van der Waals surface area (Å²) in [6.07, 6.45) is 2.23. The fourth-order valence-corrected chi connectivity index (χ4v) is 2.44. The molecule has 4 nitrogen and oxygen atoms in total. The van der Waals surface area contributed by atoms with Crippen molar-refractivity contribution in [1.82, 2.24) is 9.88 Å². The molecule has 0 saturated carbocycles. The Hall–Kier alpha value is -1.29. The fourth-order valence-electron chi connectivity index (χ4n) is 2.25. The molecule has 1 aliphatic heterocycles. The summed E-state index contributed by atoms with van der Waals surface area (Å²) in [6.45, 7) is 3.75. The Bertz CT molecular complexity index is 450. The first-order valence-corrected chi connectivity index (χ1v) is 6.63. The number of anilines is 1. The standard InChI is InChI=1S/C13H18ClN3O/c1-9-4-3-7-17(8-9)13(18)12-10(14)5-6-11(15-2)16-12/h5-6,9H,3-4,7-8H2,1-2H3,(H,15,16). The highest BCUT2D eigenvalue weighted by Gasteiger charge is 2.24. The number of carbonyl (C=O) groups is 1. The zero-order valence-corrected chi connectivity index (χ0v) is 11.5. The maximum atomic E-state index is 12.4. The van der Waals surface area contributed by atoms with Crippen molar-refractivity contribution in [2.24, 2.45) is 5.92 Å². The summed E-state index contributed by atoms with van der Waals surface area (Å²) in [6, 6.07) is 3.47. The highest BCUT2D eigenvalue weighted by atomic mass is 35.5.